The Labute approximate surface area is 119 Å². The van der Waals surface area contributed by atoms with E-state index in [9.17, 15) is 4.79 Å². The number of fused-ring (bicyclic) bond motifs is 1. The van der Waals surface area contributed by atoms with Gasteiger partial charge in [0, 0.05) is 23.1 Å². The van der Waals surface area contributed by atoms with E-state index < -0.39 is 0 Å². The van der Waals surface area contributed by atoms with Gasteiger partial charge in [0.05, 0.1) is 12.5 Å². The number of benzene rings is 1. The number of nitrogens with one attached hydrogen (secondary N) is 2. The first-order valence-electron chi connectivity index (χ1n) is 7.09. The van der Waals surface area contributed by atoms with Crippen molar-refractivity contribution in [3.05, 3.63) is 35.5 Å². The molecular weight excluding hydrogens is 252 g/mol. The summed E-state index contributed by atoms with van der Waals surface area (Å²) in [7, 11) is 0. The first-order valence-corrected chi connectivity index (χ1v) is 7.09. The molecule has 3 N–H and O–H groups in total. The van der Waals surface area contributed by atoms with Crippen LogP contribution in [0.25, 0.3) is 10.9 Å². The van der Waals surface area contributed by atoms with Crippen molar-refractivity contribution in [2.24, 2.45) is 0 Å². The molecule has 0 fully saturated rings. The fourth-order valence-corrected chi connectivity index (χ4v) is 2.41. The molecule has 108 valence electrons. The molecular formula is C16H22N2O2. The van der Waals surface area contributed by atoms with Crippen LogP contribution < -0.4 is 5.32 Å². The van der Waals surface area contributed by atoms with Gasteiger partial charge in [-0.25, -0.2) is 0 Å². The number of aromatic amines is 1. The van der Waals surface area contributed by atoms with Crippen molar-refractivity contribution in [1.82, 2.24) is 10.3 Å². The summed E-state index contributed by atoms with van der Waals surface area (Å²) >= 11 is 0. The first-order chi connectivity index (χ1) is 9.58. The third kappa shape index (κ3) is 3.61. The average Bonchev–Trinajstić information content (AvgIpc) is 2.71. The van der Waals surface area contributed by atoms with Crippen molar-refractivity contribution in [3.63, 3.8) is 0 Å². The van der Waals surface area contributed by atoms with Gasteiger partial charge in [0.15, 0.2) is 0 Å². The summed E-state index contributed by atoms with van der Waals surface area (Å²) < 4.78 is 0. The van der Waals surface area contributed by atoms with Crippen LogP contribution >= 0.6 is 0 Å². The third-order valence-corrected chi connectivity index (χ3v) is 3.49. The van der Waals surface area contributed by atoms with E-state index >= 15 is 0 Å². The number of para-hydroxylation sites is 1. The molecule has 1 amide bonds. The van der Waals surface area contributed by atoms with Gasteiger partial charge in [-0.15, -0.1) is 0 Å². The van der Waals surface area contributed by atoms with Crippen LogP contribution in [0.3, 0.4) is 0 Å². The Bertz CT molecular complexity index is 587. The van der Waals surface area contributed by atoms with Gasteiger partial charge in [0.25, 0.3) is 0 Å². The monoisotopic (exact) mass is 274 g/mol. The van der Waals surface area contributed by atoms with E-state index in [0.717, 1.165) is 28.6 Å². The van der Waals surface area contributed by atoms with Crippen molar-refractivity contribution in [2.75, 3.05) is 6.54 Å². The smallest absolute Gasteiger partial charge is 0.224 e. The van der Waals surface area contributed by atoms with Crippen LogP contribution in [0.2, 0.25) is 0 Å². The number of aromatic nitrogens is 1. The second kappa shape index (κ2) is 6.57. The van der Waals surface area contributed by atoms with Crippen LogP contribution in [0, 0.1) is 6.92 Å². The summed E-state index contributed by atoms with van der Waals surface area (Å²) in [4.78, 5) is 15.3. The molecule has 0 aliphatic rings. The highest BCUT2D eigenvalue weighted by Crippen LogP contribution is 2.22. The molecule has 0 aliphatic heterocycles. The van der Waals surface area contributed by atoms with Crippen molar-refractivity contribution in [3.8, 4) is 0 Å². The van der Waals surface area contributed by atoms with Crippen molar-refractivity contribution in [1.29, 1.82) is 0 Å². The van der Waals surface area contributed by atoms with E-state index in [4.69, 9.17) is 5.11 Å². The van der Waals surface area contributed by atoms with E-state index in [2.05, 4.69) is 10.3 Å². The van der Waals surface area contributed by atoms with Gasteiger partial charge >= 0.3 is 0 Å². The van der Waals surface area contributed by atoms with E-state index in [0.29, 0.717) is 19.4 Å². The van der Waals surface area contributed by atoms with Gasteiger partial charge in [-0.1, -0.05) is 18.2 Å². The van der Waals surface area contributed by atoms with E-state index in [1.54, 1.807) is 6.92 Å². The molecule has 1 aromatic heterocycles. The maximum atomic E-state index is 12.0. The SMILES string of the molecule is Cc1[nH]c2ccccc2c1CC(=O)NCCCC(C)O. The van der Waals surface area contributed by atoms with Gasteiger partial charge in [-0.05, 0) is 38.3 Å². The van der Waals surface area contributed by atoms with E-state index in [1.807, 2.05) is 31.2 Å². The normalized spacial score (nSPS) is 12.6. The van der Waals surface area contributed by atoms with Crippen LogP contribution in [0.1, 0.15) is 31.0 Å². The number of aliphatic hydroxyl groups is 1. The minimum Gasteiger partial charge on any atom is -0.393 e. The second-order valence-corrected chi connectivity index (χ2v) is 5.29. The lowest BCUT2D eigenvalue weighted by atomic mass is 10.1. The molecule has 0 spiro atoms. The Morgan fingerprint density at radius 2 is 2.15 bits per heavy atom. The predicted octanol–water partition coefficient (Wildman–Crippen LogP) is 2.30. The van der Waals surface area contributed by atoms with Crippen molar-refractivity contribution >= 4 is 16.8 Å². The molecule has 1 unspecified atom stereocenters. The molecule has 1 heterocycles. The van der Waals surface area contributed by atoms with Crippen LogP contribution in [0.5, 0.6) is 0 Å². The molecule has 20 heavy (non-hydrogen) atoms. The highest BCUT2D eigenvalue weighted by Gasteiger charge is 2.11. The lowest BCUT2D eigenvalue weighted by molar-refractivity contribution is -0.120. The standard InChI is InChI=1S/C16H22N2O2/c1-11(19)6-5-9-17-16(20)10-14-12(2)18-15-8-4-3-7-13(14)15/h3-4,7-8,11,18-19H,5-6,9-10H2,1-2H3,(H,17,20). The molecule has 0 bridgehead atoms. The summed E-state index contributed by atoms with van der Waals surface area (Å²) in [5, 5.41) is 13.2. The van der Waals surface area contributed by atoms with Crippen LogP contribution in [-0.4, -0.2) is 28.6 Å². The van der Waals surface area contributed by atoms with Gasteiger partial charge in [0.2, 0.25) is 5.91 Å². The highest BCUT2D eigenvalue weighted by molar-refractivity contribution is 5.90. The van der Waals surface area contributed by atoms with Gasteiger partial charge in [0.1, 0.15) is 0 Å². The molecule has 4 heteroatoms. The molecule has 0 saturated carbocycles. The number of carbonyl (C=O) groups is 1. The predicted molar refractivity (Wildman–Crippen MR) is 80.7 cm³/mol. The molecule has 2 rings (SSSR count). The third-order valence-electron chi connectivity index (χ3n) is 3.49. The number of aryl methyl sites for hydroxylation is 1. The Hall–Kier alpha value is -1.81. The summed E-state index contributed by atoms with van der Waals surface area (Å²) in [6.07, 6.45) is 1.61. The fraction of sp³-hybridized carbons (Fsp3) is 0.438. The van der Waals surface area contributed by atoms with E-state index in [1.165, 1.54) is 0 Å². The lowest BCUT2D eigenvalue weighted by Gasteiger charge is -2.07. The topological polar surface area (TPSA) is 65.1 Å². The lowest BCUT2D eigenvalue weighted by Crippen LogP contribution is -2.26. The maximum absolute atomic E-state index is 12.0. The summed E-state index contributed by atoms with van der Waals surface area (Å²) in [5.41, 5.74) is 3.18. The first kappa shape index (κ1) is 14.6. The van der Waals surface area contributed by atoms with Gasteiger partial charge in [-0.2, -0.15) is 0 Å². The number of aliphatic hydroxyl groups excluding tert-OH is 1. The summed E-state index contributed by atoms with van der Waals surface area (Å²) in [6.45, 7) is 4.37. The molecule has 1 aromatic carbocycles. The number of H-pyrrole nitrogens is 1. The number of hydrogen-bond donors (Lipinski definition) is 3. The number of carbonyl (C=O) groups excluding carboxylic acids is 1. The van der Waals surface area contributed by atoms with Crippen LogP contribution in [0.4, 0.5) is 0 Å². The number of hydrogen-bond acceptors (Lipinski definition) is 2. The van der Waals surface area contributed by atoms with Crippen molar-refractivity contribution < 1.29 is 9.90 Å². The molecule has 0 saturated heterocycles. The zero-order chi connectivity index (χ0) is 14.5. The second-order valence-electron chi connectivity index (χ2n) is 5.29. The Morgan fingerprint density at radius 3 is 2.90 bits per heavy atom. The van der Waals surface area contributed by atoms with Crippen LogP contribution in [0.15, 0.2) is 24.3 Å². The summed E-state index contributed by atoms with van der Waals surface area (Å²) in [5.74, 6) is 0.0310. The van der Waals surface area contributed by atoms with Gasteiger partial charge < -0.3 is 15.4 Å². The zero-order valence-electron chi connectivity index (χ0n) is 12.1. The number of amides is 1. The molecule has 2 aromatic rings. The Balaban J connectivity index is 1.94. The maximum Gasteiger partial charge on any atom is 0.224 e. The minimum atomic E-state index is -0.303. The molecule has 0 aliphatic carbocycles. The fourth-order valence-electron chi connectivity index (χ4n) is 2.41. The molecule has 4 nitrogen and oxygen atoms in total. The van der Waals surface area contributed by atoms with Crippen LogP contribution in [-0.2, 0) is 11.2 Å². The number of rotatable bonds is 6. The summed E-state index contributed by atoms with van der Waals surface area (Å²) in [6, 6.07) is 8.03. The minimum absolute atomic E-state index is 0.0310. The highest BCUT2D eigenvalue weighted by atomic mass is 16.3. The van der Waals surface area contributed by atoms with Gasteiger partial charge in [-0.3, -0.25) is 4.79 Å². The molecule has 1 atom stereocenters. The zero-order valence-corrected chi connectivity index (χ0v) is 12.1. The Kier molecular flexibility index (Phi) is 4.79. The van der Waals surface area contributed by atoms with Crippen molar-refractivity contribution in [2.45, 2.75) is 39.2 Å². The largest absolute Gasteiger partial charge is 0.393 e. The average molecular weight is 274 g/mol. The molecule has 0 radical (unpaired) electrons. The van der Waals surface area contributed by atoms with E-state index in [-0.39, 0.29) is 12.0 Å². The Morgan fingerprint density at radius 1 is 1.40 bits per heavy atom. The quantitative estimate of drug-likeness (QED) is 0.708.